The fourth-order valence-corrected chi connectivity index (χ4v) is 5.59. The number of aromatic nitrogens is 3. The van der Waals surface area contributed by atoms with Crippen LogP contribution in [0.5, 0.6) is 5.75 Å². The van der Waals surface area contributed by atoms with E-state index in [0.29, 0.717) is 40.6 Å². The van der Waals surface area contributed by atoms with Crippen LogP contribution in [0.15, 0.2) is 54.2 Å². The molecule has 4 heterocycles. The number of amides is 1. The fourth-order valence-electron chi connectivity index (χ4n) is 4.58. The van der Waals surface area contributed by atoms with Gasteiger partial charge in [-0.05, 0) is 50.6 Å². The second-order valence-electron chi connectivity index (χ2n) is 8.55. The van der Waals surface area contributed by atoms with E-state index in [1.54, 1.807) is 60.8 Å². The zero-order chi connectivity index (χ0) is 27.1. The molecule has 1 aliphatic rings. The molecule has 11 heteroatoms. The van der Waals surface area contributed by atoms with Crippen LogP contribution in [0.2, 0.25) is 0 Å². The molecule has 0 aliphatic carbocycles. The highest BCUT2D eigenvalue weighted by Gasteiger charge is 2.49. The van der Waals surface area contributed by atoms with E-state index in [0.717, 1.165) is 11.3 Å². The fraction of sp³-hybridized carbons (Fsp3) is 0.222. The van der Waals surface area contributed by atoms with Gasteiger partial charge >= 0.3 is 11.9 Å². The van der Waals surface area contributed by atoms with E-state index in [4.69, 9.17) is 9.47 Å². The van der Waals surface area contributed by atoms with Gasteiger partial charge in [0, 0.05) is 6.20 Å². The van der Waals surface area contributed by atoms with Gasteiger partial charge in [-0.2, -0.15) is 0 Å². The molecule has 1 aromatic carbocycles. The molecule has 1 N–H and O–H groups in total. The molecule has 1 atom stereocenters. The molecule has 1 aliphatic heterocycles. The Bertz CT molecular complexity index is 1640. The molecule has 1 unspecified atom stereocenters. The van der Waals surface area contributed by atoms with E-state index in [1.807, 2.05) is 13.0 Å². The number of imidazole rings is 1. The van der Waals surface area contributed by atoms with E-state index in [9.17, 15) is 19.5 Å². The topological polar surface area (TPSA) is 123 Å². The van der Waals surface area contributed by atoms with Crippen molar-refractivity contribution in [3.8, 4) is 5.75 Å². The van der Waals surface area contributed by atoms with Crippen molar-refractivity contribution < 1.29 is 29.0 Å². The molecule has 0 radical (unpaired) electrons. The molecule has 194 valence electrons. The number of hydrogen-bond acceptors (Lipinski definition) is 9. The number of nitrogens with zero attached hydrogens (tertiary/aromatic N) is 4. The minimum Gasteiger partial charge on any atom is -0.505 e. The molecule has 0 spiro atoms. The highest BCUT2D eigenvalue weighted by atomic mass is 32.1. The number of carbonyl (C=O) groups excluding carboxylic acids is 3. The minimum absolute atomic E-state index is 0.120. The molecule has 38 heavy (non-hydrogen) atoms. The number of pyridine rings is 1. The molecule has 1 amide bonds. The van der Waals surface area contributed by atoms with E-state index in [1.165, 1.54) is 12.0 Å². The van der Waals surface area contributed by atoms with Gasteiger partial charge in [-0.25, -0.2) is 14.8 Å². The second-order valence-corrected chi connectivity index (χ2v) is 9.53. The molecule has 1 fully saturated rings. The Morgan fingerprint density at radius 1 is 1.11 bits per heavy atom. The van der Waals surface area contributed by atoms with Gasteiger partial charge in [-0.15, -0.1) is 0 Å². The van der Waals surface area contributed by atoms with Crippen molar-refractivity contribution in [1.29, 1.82) is 0 Å². The number of esters is 1. The lowest BCUT2D eigenvalue weighted by Crippen LogP contribution is -2.29. The van der Waals surface area contributed by atoms with Crippen molar-refractivity contribution in [2.45, 2.75) is 26.8 Å². The Labute approximate surface area is 221 Å². The molecule has 1 saturated heterocycles. The number of aliphatic hydroxyl groups is 1. The first-order valence-electron chi connectivity index (χ1n) is 11.8. The van der Waals surface area contributed by atoms with Gasteiger partial charge in [0.25, 0.3) is 5.78 Å². The number of aliphatic hydroxyl groups excluding tert-OH is 1. The van der Waals surface area contributed by atoms with Gasteiger partial charge < -0.3 is 14.6 Å². The van der Waals surface area contributed by atoms with Gasteiger partial charge in [0.2, 0.25) is 0 Å². The van der Waals surface area contributed by atoms with Crippen molar-refractivity contribution >= 4 is 45.5 Å². The molecule has 10 nitrogen and oxygen atoms in total. The molecular weight excluding hydrogens is 508 g/mol. The number of Topliss-reactive ketones (excluding diaryl/α,β-unsaturated/α-hetero) is 1. The average Bonchev–Trinajstić information content (AvgIpc) is 3.54. The first-order valence-corrected chi connectivity index (χ1v) is 12.6. The number of ether oxygens (including phenoxy) is 2. The highest BCUT2D eigenvalue weighted by Crippen LogP contribution is 2.44. The lowest BCUT2D eigenvalue weighted by atomic mass is 9.96. The van der Waals surface area contributed by atoms with Crippen molar-refractivity contribution in [1.82, 2.24) is 14.4 Å². The summed E-state index contributed by atoms with van der Waals surface area (Å²) < 4.78 is 12.2. The van der Waals surface area contributed by atoms with Crippen LogP contribution in [0.1, 0.15) is 45.3 Å². The Morgan fingerprint density at radius 3 is 2.63 bits per heavy atom. The third-order valence-electron chi connectivity index (χ3n) is 6.22. The lowest BCUT2D eigenvalue weighted by molar-refractivity contribution is -0.132. The Morgan fingerprint density at radius 2 is 1.89 bits per heavy atom. The van der Waals surface area contributed by atoms with Crippen LogP contribution in [0.3, 0.4) is 0 Å². The third-order valence-corrected chi connectivity index (χ3v) is 7.36. The maximum absolute atomic E-state index is 13.6. The smallest absolute Gasteiger partial charge is 0.350 e. The van der Waals surface area contributed by atoms with Crippen molar-refractivity contribution in [3.63, 3.8) is 0 Å². The van der Waals surface area contributed by atoms with Gasteiger partial charge in [-0.3, -0.25) is 18.9 Å². The SMILES string of the molecule is CCOc1cccc(C2/C(=C(\O)c3c(C)nc4ccccn34)C(=O)C(=O)N2c2nc(C)c(C(=O)OC)s2)c1. The number of benzene rings is 1. The van der Waals surface area contributed by atoms with Crippen molar-refractivity contribution in [2.75, 3.05) is 18.6 Å². The lowest BCUT2D eigenvalue weighted by Gasteiger charge is -2.23. The van der Waals surface area contributed by atoms with Gasteiger partial charge in [-0.1, -0.05) is 29.5 Å². The highest BCUT2D eigenvalue weighted by molar-refractivity contribution is 7.17. The number of methoxy groups -OCH3 is 1. The van der Waals surface area contributed by atoms with Crippen LogP contribution in [0, 0.1) is 13.8 Å². The predicted octanol–water partition coefficient (Wildman–Crippen LogP) is 4.22. The number of ketones is 1. The molecular formula is C27H24N4O6S. The van der Waals surface area contributed by atoms with E-state index >= 15 is 0 Å². The largest absolute Gasteiger partial charge is 0.505 e. The molecule has 0 bridgehead atoms. The summed E-state index contributed by atoms with van der Waals surface area (Å²) in [5, 5.41) is 11.8. The van der Waals surface area contributed by atoms with E-state index in [-0.39, 0.29) is 21.3 Å². The van der Waals surface area contributed by atoms with E-state index in [2.05, 4.69) is 9.97 Å². The number of carbonyl (C=O) groups is 3. The van der Waals surface area contributed by atoms with Crippen LogP contribution < -0.4 is 9.64 Å². The molecule has 4 aromatic rings. The Balaban J connectivity index is 1.77. The monoisotopic (exact) mass is 532 g/mol. The van der Waals surface area contributed by atoms with E-state index < -0.39 is 23.7 Å². The molecule has 5 rings (SSSR count). The summed E-state index contributed by atoms with van der Waals surface area (Å²) in [6.45, 7) is 5.60. The zero-order valence-corrected chi connectivity index (χ0v) is 21.9. The summed E-state index contributed by atoms with van der Waals surface area (Å²) >= 11 is 0.939. The number of hydrogen-bond donors (Lipinski definition) is 1. The average molecular weight is 533 g/mol. The predicted molar refractivity (Wildman–Crippen MR) is 141 cm³/mol. The summed E-state index contributed by atoms with van der Waals surface area (Å²) in [6, 6.07) is 11.3. The summed E-state index contributed by atoms with van der Waals surface area (Å²) in [5.41, 5.74) is 2.13. The number of fused-ring (bicyclic) bond motifs is 1. The zero-order valence-electron chi connectivity index (χ0n) is 21.1. The quantitative estimate of drug-likeness (QED) is 0.169. The van der Waals surface area contributed by atoms with Crippen LogP contribution in [0.25, 0.3) is 11.4 Å². The van der Waals surface area contributed by atoms with Crippen LogP contribution in [-0.4, -0.2) is 50.9 Å². The third kappa shape index (κ3) is 4.01. The Hall–Kier alpha value is -4.51. The Kier molecular flexibility index (Phi) is 6.45. The molecule has 0 saturated carbocycles. The molecule has 3 aromatic heterocycles. The number of rotatable bonds is 6. The van der Waals surface area contributed by atoms with Crippen LogP contribution >= 0.6 is 11.3 Å². The van der Waals surface area contributed by atoms with Crippen molar-refractivity contribution in [3.05, 3.63) is 81.8 Å². The standard InChI is InChI=1S/C27H24N4O6S/c1-5-37-17-10-8-9-16(13-17)21-19(22(32)20-14(2)28-18-11-6-7-12-30(18)20)23(33)25(34)31(21)27-29-15(3)24(38-27)26(35)36-4/h6-13,21,32H,5H2,1-4H3/b22-19+. The number of thiazole rings is 1. The summed E-state index contributed by atoms with van der Waals surface area (Å²) in [6.07, 6.45) is 1.72. The maximum Gasteiger partial charge on any atom is 0.350 e. The van der Waals surface area contributed by atoms with Crippen molar-refractivity contribution in [2.24, 2.45) is 0 Å². The first-order chi connectivity index (χ1) is 18.3. The minimum atomic E-state index is -1.04. The normalized spacial score (nSPS) is 16.8. The summed E-state index contributed by atoms with van der Waals surface area (Å²) in [4.78, 5) is 49.7. The van der Waals surface area contributed by atoms with Gasteiger partial charge in [0.1, 0.15) is 22.0 Å². The number of anilines is 1. The van der Waals surface area contributed by atoms with Gasteiger partial charge in [0.15, 0.2) is 10.9 Å². The second kappa shape index (κ2) is 9.75. The summed E-state index contributed by atoms with van der Waals surface area (Å²) in [5.74, 6) is -2.19. The summed E-state index contributed by atoms with van der Waals surface area (Å²) in [7, 11) is 1.25. The maximum atomic E-state index is 13.6. The van der Waals surface area contributed by atoms with Crippen LogP contribution in [-0.2, 0) is 14.3 Å². The number of aryl methyl sites for hydroxylation is 2. The van der Waals surface area contributed by atoms with Crippen LogP contribution in [0.4, 0.5) is 5.13 Å². The van der Waals surface area contributed by atoms with Gasteiger partial charge in [0.05, 0.1) is 36.7 Å². The first kappa shape index (κ1) is 25.2.